The lowest BCUT2D eigenvalue weighted by Gasteiger charge is -2.39. The van der Waals surface area contributed by atoms with Crippen molar-refractivity contribution in [3.63, 3.8) is 0 Å². The zero-order valence-corrected chi connectivity index (χ0v) is 13.8. The molecule has 0 amide bonds. The second-order valence-corrected chi connectivity index (χ2v) is 8.28. The number of hydrogen-bond acceptors (Lipinski definition) is 3. The third-order valence-corrected chi connectivity index (χ3v) is 5.68. The van der Waals surface area contributed by atoms with E-state index in [0.29, 0.717) is 21.6 Å². The van der Waals surface area contributed by atoms with Crippen molar-refractivity contribution in [2.24, 2.45) is 17.3 Å². The molecule has 20 heavy (non-hydrogen) atoms. The number of nitriles is 1. The Labute approximate surface area is 130 Å². The van der Waals surface area contributed by atoms with Crippen molar-refractivity contribution >= 4 is 23.4 Å². The summed E-state index contributed by atoms with van der Waals surface area (Å²) in [7, 11) is 0. The van der Waals surface area contributed by atoms with Gasteiger partial charge in [0.25, 0.3) is 0 Å². The second-order valence-electron chi connectivity index (χ2n) is 6.58. The molecule has 1 heterocycles. The van der Waals surface area contributed by atoms with E-state index in [4.69, 9.17) is 11.6 Å². The zero-order valence-electron chi connectivity index (χ0n) is 12.3. The van der Waals surface area contributed by atoms with Crippen molar-refractivity contribution in [3.8, 4) is 6.07 Å². The maximum Gasteiger partial charge on any atom is 0.0964 e. The molecule has 2 rings (SSSR count). The molecule has 0 N–H and O–H groups in total. The van der Waals surface area contributed by atoms with E-state index < -0.39 is 0 Å². The van der Waals surface area contributed by atoms with Gasteiger partial charge in [-0.15, -0.1) is 11.8 Å². The van der Waals surface area contributed by atoms with Crippen LogP contribution in [0.5, 0.6) is 0 Å². The summed E-state index contributed by atoms with van der Waals surface area (Å²) in [4.78, 5) is 4.35. The topological polar surface area (TPSA) is 36.7 Å². The first-order valence-electron chi connectivity index (χ1n) is 7.08. The highest BCUT2D eigenvalue weighted by atomic mass is 35.5. The van der Waals surface area contributed by atoms with E-state index in [1.807, 2.05) is 12.1 Å². The Morgan fingerprint density at radius 1 is 1.35 bits per heavy atom. The number of hydrogen-bond donors (Lipinski definition) is 0. The minimum atomic E-state index is 0.135. The van der Waals surface area contributed by atoms with Gasteiger partial charge < -0.3 is 0 Å². The Bertz CT molecular complexity index is 487. The maximum atomic E-state index is 9.37. The van der Waals surface area contributed by atoms with Crippen molar-refractivity contribution in [1.29, 1.82) is 5.26 Å². The maximum absolute atomic E-state index is 9.37. The van der Waals surface area contributed by atoms with Crippen molar-refractivity contribution in [2.45, 2.75) is 50.3 Å². The molecule has 1 aliphatic rings. The van der Waals surface area contributed by atoms with E-state index in [0.717, 1.165) is 24.3 Å². The van der Waals surface area contributed by atoms with Gasteiger partial charge in [0.2, 0.25) is 0 Å². The SMILES string of the molecule is CC(C)(C)C1CCC(C#N)C(Sc2ccc(Cl)cn2)C1. The standard InChI is InChI=1S/C16H21ClN2S/c1-16(2,3)12-5-4-11(9-18)14(8-12)20-15-7-6-13(17)10-19-15/h6-7,10-12,14H,4-5,8H2,1-3H3. The van der Waals surface area contributed by atoms with Crippen LogP contribution in [0, 0.1) is 28.6 Å². The Balaban J connectivity index is 2.09. The first-order chi connectivity index (χ1) is 9.40. The summed E-state index contributed by atoms with van der Waals surface area (Å²) in [5.74, 6) is 0.813. The minimum Gasteiger partial charge on any atom is -0.248 e. The molecule has 4 heteroatoms. The lowest BCUT2D eigenvalue weighted by Crippen LogP contribution is -2.33. The molecule has 0 aliphatic heterocycles. The molecule has 1 fully saturated rings. The molecule has 0 spiro atoms. The number of pyridine rings is 1. The van der Waals surface area contributed by atoms with Crippen LogP contribution in [0.1, 0.15) is 40.0 Å². The fraction of sp³-hybridized carbons (Fsp3) is 0.625. The van der Waals surface area contributed by atoms with Crippen LogP contribution in [0.4, 0.5) is 0 Å². The average Bonchev–Trinajstić information content (AvgIpc) is 2.40. The van der Waals surface area contributed by atoms with Crippen LogP contribution in [-0.4, -0.2) is 10.2 Å². The summed E-state index contributed by atoms with van der Waals surface area (Å²) in [6.07, 6.45) is 4.93. The van der Waals surface area contributed by atoms with Crippen molar-refractivity contribution in [3.05, 3.63) is 23.4 Å². The third kappa shape index (κ3) is 3.90. The molecular weight excluding hydrogens is 288 g/mol. The summed E-state index contributed by atoms with van der Waals surface area (Å²) in [5.41, 5.74) is 0.312. The van der Waals surface area contributed by atoms with Crippen molar-refractivity contribution < 1.29 is 0 Å². The van der Waals surface area contributed by atoms with Gasteiger partial charge in [-0.25, -0.2) is 4.98 Å². The molecule has 3 atom stereocenters. The highest BCUT2D eigenvalue weighted by Gasteiger charge is 2.36. The molecule has 108 valence electrons. The molecular formula is C16H21ClN2S. The van der Waals surface area contributed by atoms with Gasteiger partial charge in [0, 0.05) is 11.4 Å². The number of halogens is 1. The first-order valence-corrected chi connectivity index (χ1v) is 8.33. The van der Waals surface area contributed by atoms with Crippen LogP contribution in [0.25, 0.3) is 0 Å². The quantitative estimate of drug-likeness (QED) is 0.755. The van der Waals surface area contributed by atoms with Crippen molar-refractivity contribution in [1.82, 2.24) is 4.98 Å². The zero-order chi connectivity index (χ0) is 14.8. The van der Waals surface area contributed by atoms with Gasteiger partial charge in [0.05, 0.1) is 22.0 Å². The molecule has 1 aromatic heterocycles. The Hall–Kier alpha value is -0.720. The summed E-state index contributed by atoms with van der Waals surface area (Å²) >= 11 is 7.60. The van der Waals surface area contributed by atoms with Crippen LogP contribution in [0.3, 0.4) is 0 Å². The summed E-state index contributed by atoms with van der Waals surface area (Å²) in [6.45, 7) is 6.89. The van der Waals surface area contributed by atoms with Gasteiger partial charge in [0.15, 0.2) is 0 Å². The van der Waals surface area contributed by atoms with Gasteiger partial charge in [-0.05, 0) is 42.7 Å². The van der Waals surface area contributed by atoms with Gasteiger partial charge in [-0.2, -0.15) is 5.26 Å². The van der Waals surface area contributed by atoms with E-state index in [2.05, 4.69) is 31.8 Å². The van der Waals surface area contributed by atoms with Crippen LogP contribution in [0.2, 0.25) is 5.02 Å². The largest absolute Gasteiger partial charge is 0.248 e. The lowest BCUT2D eigenvalue weighted by molar-refractivity contribution is 0.169. The number of nitrogens with zero attached hydrogens (tertiary/aromatic N) is 2. The fourth-order valence-corrected chi connectivity index (χ4v) is 4.15. The number of thioether (sulfide) groups is 1. The number of rotatable bonds is 2. The molecule has 0 aromatic carbocycles. The number of aromatic nitrogens is 1. The van der Waals surface area contributed by atoms with Gasteiger partial charge in [-0.1, -0.05) is 32.4 Å². The summed E-state index contributed by atoms with van der Waals surface area (Å²) in [6, 6.07) is 6.29. The van der Waals surface area contributed by atoms with E-state index in [-0.39, 0.29) is 5.92 Å². The fourth-order valence-electron chi connectivity index (χ4n) is 2.78. The molecule has 0 bridgehead atoms. The van der Waals surface area contributed by atoms with E-state index in [1.54, 1.807) is 18.0 Å². The predicted molar refractivity (Wildman–Crippen MR) is 84.8 cm³/mol. The van der Waals surface area contributed by atoms with E-state index in [1.165, 1.54) is 0 Å². The molecule has 3 unspecified atom stereocenters. The summed E-state index contributed by atoms with van der Waals surface area (Å²) in [5, 5.41) is 11.3. The molecule has 1 aliphatic carbocycles. The average molecular weight is 309 g/mol. The van der Waals surface area contributed by atoms with Gasteiger partial charge in [-0.3, -0.25) is 0 Å². The van der Waals surface area contributed by atoms with Gasteiger partial charge >= 0.3 is 0 Å². The monoisotopic (exact) mass is 308 g/mol. The predicted octanol–water partition coefficient (Wildman–Crippen LogP) is 5.18. The van der Waals surface area contributed by atoms with Crippen LogP contribution in [-0.2, 0) is 0 Å². The smallest absolute Gasteiger partial charge is 0.0964 e. The Morgan fingerprint density at radius 2 is 2.10 bits per heavy atom. The molecule has 1 aromatic rings. The Morgan fingerprint density at radius 3 is 2.65 bits per heavy atom. The lowest BCUT2D eigenvalue weighted by atomic mass is 9.70. The normalized spacial score (nSPS) is 27.1. The molecule has 2 nitrogen and oxygen atoms in total. The minimum absolute atomic E-state index is 0.135. The summed E-state index contributed by atoms with van der Waals surface area (Å²) < 4.78 is 0. The third-order valence-electron chi connectivity index (χ3n) is 4.15. The first kappa shape index (κ1) is 15.7. The second kappa shape index (κ2) is 6.37. The molecule has 1 saturated carbocycles. The van der Waals surface area contributed by atoms with E-state index in [9.17, 15) is 5.26 Å². The van der Waals surface area contributed by atoms with Crippen LogP contribution in [0.15, 0.2) is 23.4 Å². The van der Waals surface area contributed by atoms with Crippen molar-refractivity contribution in [2.75, 3.05) is 0 Å². The van der Waals surface area contributed by atoms with E-state index >= 15 is 0 Å². The van der Waals surface area contributed by atoms with Crippen LogP contribution < -0.4 is 0 Å². The highest BCUT2D eigenvalue weighted by molar-refractivity contribution is 7.99. The Kier molecular flexibility index (Phi) is 4.99. The molecule has 0 radical (unpaired) electrons. The highest BCUT2D eigenvalue weighted by Crippen LogP contribution is 2.45. The molecule has 0 saturated heterocycles. The van der Waals surface area contributed by atoms with Gasteiger partial charge in [0.1, 0.15) is 0 Å². The van der Waals surface area contributed by atoms with Crippen LogP contribution >= 0.6 is 23.4 Å².